The summed E-state index contributed by atoms with van der Waals surface area (Å²) in [7, 11) is 0. The van der Waals surface area contributed by atoms with Crippen LogP contribution in [0, 0.1) is 0 Å². The van der Waals surface area contributed by atoms with E-state index >= 15 is 0 Å². The van der Waals surface area contributed by atoms with Crippen molar-refractivity contribution < 1.29 is 0 Å². The second kappa shape index (κ2) is 14.7. The highest BCUT2D eigenvalue weighted by Gasteiger charge is 2.09. The van der Waals surface area contributed by atoms with Crippen LogP contribution in [0.5, 0.6) is 0 Å². The molecule has 0 bridgehead atoms. The quantitative estimate of drug-likeness (QED) is 0.176. The first-order valence-electron chi connectivity index (χ1n) is 7.54. The van der Waals surface area contributed by atoms with Crippen LogP contribution in [0.25, 0.3) is 0 Å². The zero-order valence-electron chi connectivity index (χ0n) is 11.8. The second-order valence-corrected chi connectivity index (χ2v) is 7.92. The van der Waals surface area contributed by atoms with Crippen LogP contribution >= 0.6 is 45.8 Å². The molecule has 0 nitrogen and oxygen atoms in total. The van der Waals surface area contributed by atoms with E-state index in [9.17, 15) is 0 Å². The Labute approximate surface area is 138 Å². The average Bonchev–Trinajstić information content (AvgIpc) is 2.38. The van der Waals surface area contributed by atoms with Gasteiger partial charge in [0.25, 0.3) is 0 Å². The number of alkyl halides is 3. The van der Waals surface area contributed by atoms with Crippen LogP contribution in [0.15, 0.2) is 0 Å². The highest BCUT2D eigenvalue weighted by Crippen LogP contribution is 2.22. The van der Waals surface area contributed by atoms with Gasteiger partial charge in [0.2, 0.25) is 0 Å². The predicted molar refractivity (Wildman–Crippen MR) is 94.6 cm³/mol. The first-order valence-corrected chi connectivity index (χ1v) is 9.76. The van der Waals surface area contributed by atoms with Gasteiger partial charge in [0, 0.05) is 15.2 Å². The van der Waals surface area contributed by atoms with Gasteiger partial charge >= 0.3 is 0 Å². The highest BCUT2D eigenvalue weighted by atomic mass is 127. The number of halogens is 3. The van der Waals surface area contributed by atoms with Crippen molar-refractivity contribution in [2.45, 2.75) is 86.9 Å². The molecule has 110 valence electrons. The van der Waals surface area contributed by atoms with Gasteiger partial charge < -0.3 is 0 Å². The number of rotatable bonds is 13. The molecule has 0 aliphatic heterocycles. The van der Waals surface area contributed by atoms with Crippen LogP contribution in [-0.4, -0.2) is 15.2 Å². The van der Waals surface area contributed by atoms with Crippen LogP contribution in [0.3, 0.4) is 0 Å². The Morgan fingerprint density at radius 3 is 2.17 bits per heavy atom. The Kier molecular flexibility index (Phi) is 15.8. The second-order valence-electron chi connectivity index (χ2n) is 5.16. The summed E-state index contributed by atoms with van der Waals surface area (Å²) in [6.45, 7) is 2.27. The molecule has 0 heterocycles. The van der Waals surface area contributed by atoms with E-state index in [1.54, 1.807) is 0 Å². The minimum atomic E-state index is 0.338. The number of unbranched alkanes of at least 4 members (excludes halogenated alkanes) is 5. The van der Waals surface area contributed by atoms with Crippen molar-refractivity contribution >= 4 is 45.8 Å². The topological polar surface area (TPSA) is 0 Å². The molecule has 0 rings (SSSR count). The van der Waals surface area contributed by atoms with E-state index in [4.69, 9.17) is 23.2 Å². The Hall–Kier alpha value is 1.31. The maximum absolute atomic E-state index is 6.26. The summed E-state index contributed by atoms with van der Waals surface area (Å²) in [6.07, 6.45) is 14.3. The lowest BCUT2D eigenvalue weighted by Gasteiger charge is -2.12. The third-order valence-electron chi connectivity index (χ3n) is 3.32. The van der Waals surface area contributed by atoms with E-state index in [0.717, 1.165) is 29.1 Å². The van der Waals surface area contributed by atoms with Gasteiger partial charge in [-0.2, -0.15) is 0 Å². The molecule has 0 saturated heterocycles. The lowest BCUT2D eigenvalue weighted by Crippen LogP contribution is -2.05. The number of hydrogen-bond acceptors (Lipinski definition) is 0. The summed E-state index contributed by atoms with van der Waals surface area (Å²) in [5.74, 6) is 0.745. The van der Waals surface area contributed by atoms with Crippen molar-refractivity contribution in [3.63, 3.8) is 0 Å². The summed E-state index contributed by atoms with van der Waals surface area (Å²) in [5.41, 5.74) is 0. The minimum absolute atomic E-state index is 0.338. The molecule has 0 aromatic heterocycles. The fraction of sp³-hybridized carbons (Fsp3) is 1.00. The van der Waals surface area contributed by atoms with Crippen molar-refractivity contribution in [3.8, 4) is 0 Å². The Balaban J connectivity index is 3.28. The van der Waals surface area contributed by atoms with E-state index in [2.05, 4.69) is 29.5 Å². The van der Waals surface area contributed by atoms with Crippen LogP contribution in [0.1, 0.15) is 77.6 Å². The van der Waals surface area contributed by atoms with Gasteiger partial charge in [-0.25, -0.2) is 0 Å². The molecule has 2 atom stereocenters. The molecule has 0 aromatic carbocycles. The van der Waals surface area contributed by atoms with Gasteiger partial charge in [-0.1, -0.05) is 68.0 Å². The lowest BCUT2D eigenvalue weighted by molar-refractivity contribution is 0.561. The van der Waals surface area contributed by atoms with E-state index < -0.39 is 0 Å². The molecule has 0 aromatic rings. The normalized spacial score (nSPS) is 14.7. The first kappa shape index (κ1) is 19.3. The summed E-state index contributed by atoms with van der Waals surface area (Å²) in [4.78, 5) is 0. The first-order chi connectivity index (χ1) is 8.70. The van der Waals surface area contributed by atoms with Crippen molar-refractivity contribution in [1.82, 2.24) is 0 Å². The fourth-order valence-corrected chi connectivity index (χ4v) is 3.33. The Bertz CT molecular complexity index is 165. The molecule has 3 heteroatoms. The van der Waals surface area contributed by atoms with Crippen molar-refractivity contribution in [3.05, 3.63) is 0 Å². The van der Waals surface area contributed by atoms with Crippen molar-refractivity contribution in [2.24, 2.45) is 0 Å². The van der Waals surface area contributed by atoms with Crippen LogP contribution in [-0.2, 0) is 0 Å². The zero-order chi connectivity index (χ0) is 13.6. The standard InChI is InChI=1S/C15H29Cl2I/c1-2-3-4-5-6-7-10-15(18)12-11-14(17)9-8-13-16/h14-15H,2-13H2,1H3. The zero-order valence-corrected chi connectivity index (χ0v) is 15.4. The van der Waals surface area contributed by atoms with Crippen molar-refractivity contribution in [2.75, 3.05) is 5.88 Å². The monoisotopic (exact) mass is 406 g/mol. The summed E-state index contributed by atoms with van der Waals surface area (Å²) < 4.78 is 0.811. The van der Waals surface area contributed by atoms with Gasteiger partial charge in [-0.05, 0) is 32.1 Å². The molecular weight excluding hydrogens is 378 g/mol. The van der Waals surface area contributed by atoms with Gasteiger partial charge in [0.05, 0.1) is 0 Å². The van der Waals surface area contributed by atoms with E-state index in [-0.39, 0.29) is 0 Å². The molecular formula is C15H29Cl2I. The van der Waals surface area contributed by atoms with E-state index in [1.165, 1.54) is 51.4 Å². The average molecular weight is 407 g/mol. The summed E-state index contributed by atoms with van der Waals surface area (Å²) >= 11 is 14.5. The van der Waals surface area contributed by atoms with Gasteiger partial charge in [-0.15, -0.1) is 23.2 Å². The van der Waals surface area contributed by atoms with Crippen molar-refractivity contribution in [1.29, 1.82) is 0 Å². The summed E-state index contributed by atoms with van der Waals surface area (Å²) in [6, 6.07) is 0. The van der Waals surface area contributed by atoms with Gasteiger partial charge in [-0.3, -0.25) is 0 Å². The van der Waals surface area contributed by atoms with Gasteiger partial charge in [0.1, 0.15) is 0 Å². The molecule has 0 aliphatic rings. The molecule has 0 aliphatic carbocycles. The molecule has 2 unspecified atom stereocenters. The number of hydrogen-bond donors (Lipinski definition) is 0. The van der Waals surface area contributed by atoms with E-state index in [1.807, 2.05) is 0 Å². The maximum atomic E-state index is 6.26. The molecule has 0 radical (unpaired) electrons. The SMILES string of the molecule is CCCCCCCCC(I)CCC(Cl)CCCCl. The van der Waals surface area contributed by atoms with Crippen LogP contribution in [0.4, 0.5) is 0 Å². The molecule has 0 amide bonds. The van der Waals surface area contributed by atoms with Crippen LogP contribution < -0.4 is 0 Å². The molecule has 0 fully saturated rings. The predicted octanol–water partition coefficient (Wildman–Crippen LogP) is 6.95. The minimum Gasteiger partial charge on any atom is -0.127 e. The largest absolute Gasteiger partial charge is 0.127 e. The Morgan fingerprint density at radius 2 is 1.50 bits per heavy atom. The lowest BCUT2D eigenvalue weighted by atomic mass is 10.0. The van der Waals surface area contributed by atoms with E-state index in [0.29, 0.717) is 5.38 Å². The molecule has 18 heavy (non-hydrogen) atoms. The molecule has 0 saturated carbocycles. The molecule has 0 spiro atoms. The summed E-state index contributed by atoms with van der Waals surface area (Å²) in [5, 5.41) is 0.338. The third-order valence-corrected chi connectivity index (χ3v) is 5.26. The fourth-order valence-electron chi connectivity index (χ4n) is 2.10. The molecule has 0 N–H and O–H groups in total. The third kappa shape index (κ3) is 13.7. The smallest absolute Gasteiger partial charge is 0.0336 e. The maximum Gasteiger partial charge on any atom is 0.0336 e. The Morgan fingerprint density at radius 1 is 0.833 bits per heavy atom. The highest BCUT2D eigenvalue weighted by molar-refractivity contribution is 14.1. The van der Waals surface area contributed by atoms with Gasteiger partial charge in [0.15, 0.2) is 0 Å². The van der Waals surface area contributed by atoms with Crippen LogP contribution in [0.2, 0.25) is 0 Å².